The predicted molar refractivity (Wildman–Crippen MR) is 59.7 cm³/mol. The van der Waals surface area contributed by atoms with Crippen molar-refractivity contribution in [3.63, 3.8) is 0 Å². The molecule has 0 N–H and O–H groups in total. The van der Waals surface area contributed by atoms with E-state index in [1.54, 1.807) is 0 Å². The summed E-state index contributed by atoms with van der Waals surface area (Å²) in [7, 11) is 0. The summed E-state index contributed by atoms with van der Waals surface area (Å²) in [4.78, 5) is 0. The SMILES string of the molecule is CCC(C)C1CCCC(C)C1CC. The average Bonchev–Trinajstić information content (AvgIpc) is 2.16. The quantitative estimate of drug-likeness (QED) is 0.603. The first-order valence-electron chi connectivity index (χ1n) is 6.20. The Kier molecular flexibility index (Phi) is 4.28. The fourth-order valence-corrected chi connectivity index (χ4v) is 3.24. The summed E-state index contributed by atoms with van der Waals surface area (Å²) in [6, 6.07) is 0. The van der Waals surface area contributed by atoms with Gasteiger partial charge in [-0.25, -0.2) is 0 Å². The lowest BCUT2D eigenvalue weighted by molar-refractivity contribution is 0.110. The van der Waals surface area contributed by atoms with Gasteiger partial charge in [0.15, 0.2) is 0 Å². The second kappa shape index (κ2) is 5.02. The van der Waals surface area contributed by atoms with Crippen molar-refractivity contribution in [2.75, 3.05) is 0 Å². The largest absolute Gasteiger partial charge is 0.0651 e. The predicted octanol–water partition coefficient (Wildman–Crippen LogP) is 4.49. The Hall–Kier alpha value is 0. The maximum atomic E-state index is 2.46. The second-order valence-corrected chi connectivity index (χ2v) is 5.03. The van der Waals surface area contributed by atoms with E-state index in [0.717, 1.165) is 23.7 Å². The van der Waals surface area contributed by atoms with Crippen LogP contribution in [0.1, 0.15) is 59.8 Å². The van der Waals surface area contributed by atoms with Gasteiger partial charge in [0, 0.05) is 0 Å². The molecule has 0 heteroatoms. The molecule has 4 atom stereocenters. The lowest BCUT2D eigenvalue weighted by Crippen LogP contribution is -2.30. The molecule has 1 rings (SSSR count). The van der Waals surface area contributed by atoms with Crippen LogP contribution < -0.4 is 0 Å². The van der Waals surface area contributed by atoms with E-state index in [4.69, 9.17) is 0 Å². The lowest BCUT2D eigenvalue weighted by Gasteiger charge is -2.39. The van der Waals surface area contributed by atoms with Gasteiger partial charge in [0.25, 0.3) is 0 Å². The van der Waals surface area contributed by atoms with Crippen molar-refractivity contribution < 1.29 is 0 Å². The van der Waals surface area contributed by atoms with Crippen LogP contribution in [-0.4, -0.2) is 0 Å². The Labute approximate surface area is 84.1 Å². The van der Waals surface area contributed by atoms with Gasteiger partial charge in [-0.3, -0.25) is 0 Å². The number of hydrogen-bond acceptors (Lipinski definition) is 0. The first kappa shape index (κ1) is 11.1. The van der Waals surface area contributed by atoms with E-state index in [1.165, 1.54) is 32.1 Å². The minimum absolute atomic E-state index is 0.952. The van der Waals surface area contributed by atoms with E-state index in [2.05, 4.69) is 27.7 Å². The van der Waals surface area contributed by atoms with Crippen LogP contribution in [0.4, 0.5) is 0 Å². The maximum absolute atomic E-state index is 2.46. The molecule has 13 heavy (non-hydrogen) atoms. The molecule has 0 bridgehead atoms. The highest BCUT2D eigenvalue weighted by Crippen LogP contribution is 2.41. The normalized spacial score (nSPS) is 37.4. The molecule has 4 unspecified atom stereocenters. The summed E-state index contributed by atoms with van der Waals surface area (Å²) >= 11 is 0. The topological polar surface area (TPSA) is 0 Å². The molecule has 1 saturated carbocycles. The smallest absolute Gasteiger partial charge is 0.0358 e. The molecule has 1 aliphatic carbocycles. The first-order chi connectivity index (χ1) is 6.20. The molecule has 78 valence electrons. The Morgan fingerprint density at radius 3 is 2.46 bits per heavy atom. The highest BCUT2D eigenvalue weighted by atomic mass is 14.4. The average molecular weight is 182 g/mol. The van der Waals surface area contributed by atoms with Gasteiger partial charge in [-0.1, -0.05) is 53.4 Å². The molecule has 0 aromatic heterocycles. The molecule has 0 amide bonds. The van der Waals surface area contributed by atoms with Crippen LogP contribution in [0, 0.1) is 23.7 Å². The zero-order valence-electron chi connectivity index (χ0n) is 9.84. The Morgan fingerprint density at radius 2 is 1.92 bits per heavy atom. The van der Waals surface area contributed by atoms with Gasteiger partial charge in [-0.2, -0.15) is 0 Å². The highest BCUT2D eigenvalue weighted by molar-refractivity contribution is 4.81. The van der Waals surface area contributed by atoms with E-state index in [9.17, 15) is 0 Å². The van der Waals surface area contributed by atoms with Crippen molar-refractivity contribution >= 4 is 0 Å². The molecule has 0 aliphatic heterocycles. The molecule has 1 fully saturated rings. The standard InChI is InChI=1S/C13H26/c1-5-10(3)13-9-7-8-11(4)12(13)6-2/h10-13H,5-9H2,1-4H3. The van der Waals surface area contributed by atoms with Gasteiger partial charge in [0.05, 0.1) is 0 Å². The third-order valence-electron chi connectivity index (χ3n) is 4.32. The first-order valence-corrected chi connectivity index (χ1v) is 6.20. The van der Waals surface area contributed by atoms with E-state index in [-0.39, 0.29) is 0 Å². The summed E-state index contributed by atoms with van der Waals surface area (Å²) in [6.07, 6.45) is 7.22. The van der Waals surface area contributed by atoms with Crippen LogP contribution in [0.25, 0.3) is 0 Å². The molecule has 0 nitrogen and oxygen atoms in total. The fraction of sp³-hybridized carbons (Fsp3) is 1.00. The molecular formula is C13H26. The van der Waals surface area contributed by atoms with Gasteiger partial charge in [-0.15, -0.1) is 0 Å². The molecule has 0 aromatic rings. The van der Waals surface area contributed by atoms with E-state index < -0.39 is 0 Å². The van der Waals surface area contributed by atoms with Crippen molar-refractivity contribution in [1.29, 1.82) is 0 Å². The van der Waals surface area contributed by atoms with Crippen LogP contribution in [0.3, 0.4) is 0 Å². The van der Waals surface area contributed by atoms with Gasteiger partial charge < -0.3 is 0 Å². The second-order valence-electron chi connectivity index (χ2n) is 5.03. The van der Waals surface area contributed by atoms with Crippen LogP contribution in [-0.2, 0) is 0 Å². The molecule has 0 aromatic carbocycles. The Balaban J connectivity index is 2.58. The highest BCUT2D eigenvalue weighted by Gasteiger charge is 2.31. The lowest BCUT2D eigenvalue weighted by atomic mass is 9.66. The summed E-state index contributed by atoms with van der Waals surface area (Å²) in [6.45, 7) is 9.63. The molecule has 0 heterocycles. The molecular weight excluding hydrogens is 156 g/mol. The minimum atomic E-state index is 0.952. The minimum Gasteiger partial charge on any atom is -0.0651 e. The number of rotatable bonds is 3. The van der Waals surface area contributed by atoms with Gasteiger partial charge in [0.1, 0.15) is 0 Å². The Morgan fingerprint density at radius 1 is 1.23 bits per heavy atom. The summed E-state index contributed by atoms with van der Waals surface area (Å²) in [5.41, 5.74) is 0. The maximum Gasteiger partial charge on any atom is -0.0358 e. The zero-order chi connectivity index (χ0) is 9.84. The van der Waals surface area contributed by atoms with Crippen molar-refractivity contribution in [2.45, 2.75) is 59.8 Å². The molecule has 0 radical (unpaired) electrons. The van der Waals surface area contributed by atoms with Crippen LogP contribution in [0.15, 0.2) is 0 Å². The monoisotopic (exact) mass is 182 g/mol. The van der Waals surface area contributed by atoms with E-state index >= 15 is 0 Å². The summed E-state index contributed by atoms with van der Waals surface area (Å²) in [5, 5.41) is 0. The summed E-state index contributed by atoms with van der Waals surface area (Å²) < 4.78 is 0. The van der Waals surface area contributed by atoms with Gasteiger partial charge in [0.2, 0.25) is 0 Å². The van der Waals surface area contributed by atoms with Crippen LogP contribution >= 0.6 is 0 Å². The third kappa shape index (κ3) is 2.48. The molecule has 0 saturated heterocycles. The van der Waals surface area contributed by atoms with Gasteiger partial charge in [-0.05, 0) is 30.1 Å². The van der Waals surface area contributed by atoms with Crippen molar-refractivity contribution in [1.82, 2.24) is 0 Å². The number of hydrogen-bond donors (Lipinski definition) is 0. The summed E-state index contributed by atoms with van der Waals surface area (Å²) in [5.74, 6) is 3.98. The van der Waals surface area contributed by atoms with E-state index in [0.29, 0.717) is 0 Å². The Bertz CT molecular complexity index is 139. The zero-order valence-corrected chi connectivity index (χ0v) is 9.84. The van der Waals surface area contributed by atoms with Gasteiger partial charge >= 0.3 is 0 Å². The third-order valence-corrected chi connectivity index (χ3v) is 4.32. The van der Waals surface area contributed by atoms with Crippen molar-refractivity contribution in [2.24, 2.45) is 23.7 Å². The van der Waals surface area contributed by atoms with Crippen molar-refractivity contribution in [3.05, 3.63) is 0 Å². The fourth-order valence-electron chi connectivity index (χ4n) is 3.24. The van der Waals surface area contributed by atoms with Crippen LogP contribution in [0.5, 0.6) is 0 Å². The van der Waals surface area contributed by atoms with Crippen molar-refractivity contribution in [3.8, 4) is 0 Å². The molecule has 0 spiro atoms. The van der Waals surface area contributed by atoms with E-state index in [1.807, 2.05) is 0 Å². The molecule has 1 aliphatic rings. The van der Waals surface area contributed by atoms with Crippen LogP contribution in [0.2, 0.25) is 0 Å².